The first-order valence-electron chi connectivity index (χ1n) is 7.63. The monoisotopic (exact) mass is 472 g/mol. The van der Waals surface area contributed by atoms with Gasteiger partial charge in [0.2, 0.25) is 0 Å². The Morgan fingerprint density at radius 3 is 2.50 bits per heavy atom. The minimum atomic E-state index is -3.17. The zero-order valence-corrected chi connectivity index (χ0v) is 18.4. The summed E-state index contributed by atoms with van der Waals surface area (Å²) in [5.74, 6) is 1.49. The van der Waals surface area contributed by atoms with Crippen molar-refractivity contribution in [2.24, 2.45) is 12.0 Å². The molecule has 0 radical (unpaired) electrons. The molecule has 1 rings (SSSR count). The summed E-state index contributed by atoms with van der Waals surface area (Å²) < 4.78 is 25.2. The summed E-state index contributed by atoms with van der Waals surface area (Å²) in [6, 6.07) is 0. The first-order chi connectivity index (χ1) is 10.6. The number of nitrogens with zero attached hydrogens (tertiary/aromatic N) is 5. The van der Waals surface area contributed by atoms with Crippen molar-refractivity contribution in [1.82, 2.24) is 25.0 Å². The quantitative estimate of drug-likeness (QED) is 0.378. The van der Waals surface area contributed by atoms with E-state index in [1.54, 1.807) is 25.5 Å². The summed E-state index contributed by atoms with van der Waals surface area (Å²) in [7, 11) is 0.542. The molecule has 8 nitrogen and oxygen atoms in total. The number of hydrogen-bond acceptors (Lipinski definition) is 5. The molecule has 0 saturated heterocycles. The zero-order chi connectivity index (χ0) is 17.7. The normalized spacial score (nSPS) is 12.7. The lowest BCUT2D eigenvalue weighted by Gasteiger charge is -2.22. The molecule has 0 fully saturated rings. The molecule has 0 atom stereocenters. The molecule has 0 spiro atoms. The molecular weight excluding hydrogens is 443 g/mol. The van der Waals surface area contributed by atoms with Gasteiger partial charge in [-0.25, -0.2) is 13.4 Å². The number of aliphatic imine (C=N–C) groups is 1. The maximum atomic E-state index is 12.1. The maximum Gasteiger partial charge on any atom is 0.194 e. The van der Waals surface area contributed by atoms with Crippen molar-refractivity contribution in [3.8, 4) is 0 Å². The minimum Gasteiger partial charge on any atom is -0.357 e. The molecule has 1 aromatic heterocycles. The van der Waals surface area contributed by atoms with E-state index < -0.39 is 14.6 Å². The second-order valence-electron chi connectivity index (χ2n) is 6.32. The molecule has 0 bridgehead atoms. The van der Waals surface area contributed by atoms with Crippen LogP contribution in [0.5, 0.6) is 0 Å². The van der Waals surface area contributed by atoms with E-state index in [2.05, 4.69) is 20.4 Å². The van der Waals surface area contributed by atoms with Crippen LogP contribution in [0.2, 0.25) is 0 Å². The van der Waals surface area contributed by atoms with Crippen molar-refractivity contribution in [2.45, 2.75) is 39.0 Å². The van der Waals surface area contributed by atoms with Crippen molar-refractivity contribution >= 4 is 39.8 Å². The standard InChI is InChI=1S/C14H28N6O2S.HI/c1-7-15-13(16-8-9-23(21,22)14(2,3)4)19(5)10-12-17-11-18-20(12)6;/h11H,7-10H2,1-6H3,(H,15,16);1H. The van der Waals surface area contributed by atoms with E-state index in [1.807, 2.05) is 25.9 Å². The molecular formula is C14H29IN6O2S. The van der Waals surface area contributed by atoms with Crippen molar-refractivity contribution in [2.75, 3.05) is 25.9 Å². The van der Waals surface area contributed by atoms with Gasteiger partial charge in [0.25, 0.3) is 0 Å². The van der Waals surface area contributed by atoms with Crippen LogP contribution in [0.15, 0.2) is 11.3 Å². The summed E-state index contributed by atoms with van der Waals surface area (Å²) in [5, 5.41) is 7.20. The Morgan fingerprint density at radius 1 is 1.42 bits per heavy atom. The molecule has 1 heterocycles. The van der Waals surface area contributed by atoms with E-state index >= 15 is 0 Å². The number of halogens is 1. The highest BCUT2D eigenvalue weighted by molar-refractivity contribution is 14.0. The first-order valence-corrected chi connectivity index (χ1v) is 9.28. The predicted molar refractivity (Wildman–Crippen MR) is 107 cm³/mol. The minimum absolute atomic E-state index is 0. The summed E-state index contributed by atoms with van der Waals surface area (Å²) in [6.45, 7) is 8.55. The third-order valence-electron chi connectivity index (χ3n) is 3.43. The molecule has 140 valence electrons. The number of nitrogens with one attached hydrogen (secondary N) is 1. The third-order valence-corrected chi connectivity index (χ3v) is 6.02. The van der Waals surface area contributed by atoms with Crippen LogP contribution in [-0.2, 0) is 23.4 Å². The van der Waals surface area contributed by atoms with Gasteiger partial charge in [0.15, 0.2) is 15.8 Å². The highest BCUT2D eigenvalue weighted by Crippen LogP contribution is 2.15. The van der Waals surface area contributed by atoms with Gasteiger partial charge in [-0.3, -0.25) is 9.67 Å². The molecule has 0 aliphatic carbocycles. The van der Waals surface area contributed by atoms with Crippen molar-refractivity contribution in [3.63, 3.8) is 0 Å². The Bertz CT molecular complexity index is 636. The number of rotatable bonds is 6. The Morgan fingerprint density at radius 2 is 2.04 bits per heavy atom. The largest absolute Gasteiger partial charge is 0.357 e. The predicted octanol–water partition coefficient (Wildman–Crippen LogP) is 1.04. The van der Waals surface area contributed by atoms with Gasteiger partial charge in [-0.1, -0.05) is 0 Å². The van der Waals surface area contributed by atoms with Crippen LogP contribution in [-0.4, -0.2) is 64.7 Å². The van der Waals surface area contributed by atoms with Gasteiger partial charge in [0.05, 0.1) is 23.6 Å². The first kappa shape index (κ1) is 23.1. The van der Waals surface area contributed by atoms with Gasteiger partial charge in [-0.2, -0.15) is 5.10 Å². The van der Waals surface area contributed by atoms with Crippen molar-refractivity contribution in [3.05, 3.63) is 12.2 Å². The number of hydrogen-bond donors (Lipinski definition) is 1. The van der Waals surface area contributed by atoms with Gasteiger partial charge in [-0.05, 0) is 27.7 Å². The SMILES string of the molecule is CCNC(=NCCS(=O)(=O)C(C)(C)C)N(C)Cc1ncnn1C.I. The maximum absolute atomic E-state index is 12.1. The van der Waals surface area contributed by atoms with E-state index in [9.17, 15) is 8.42 Å². The van der Waals surface area contributed by atoms with Crippen LogP contribution < -0.4 is 5.32 Å². The van der Waals surface area contributed by atoms with Crippen LogP contribution in [0.4, 0.5) is 0 Å². The highest BCUT2D eigenvalue weighted by atomic mass is 127. The molecule has 0 amide bonds. The highest BCUT2D eigenvalue weighted by Gasteiger charge is 2.28. The molecule has 1 aromatic rings. The van der Waals surface area contributed by atoms with Crippen LogP contribution in [0.1, 0.15) is 33.5 Å². The van der Waals surface area contributed by atoms with Crippen molar-refractivity contribution < 1.29 is 8.42 Å². The zero-order valence-electron chi connectivity index (χ0n) is 15.3. The summed E-state index contributed by atoms with van der Waals surface area (Å²) >= 11 is 0. The number of aromatic nitrogens is 3. The fourth-order valence-corrected chi connectivity index (χ4v) is 2.74. The van der Waals surface area contributed by atoms with Gasteiger partial charge in [-0.15, -0.1) is 24.0 Å². The van der Waals surface area contributed by atoms with Gasteiger partial charge >= 0.3 is 0 Å². The Labute approximate surface area is 162 Å². The fourth-order valence-electron chi connectivity index (χ4n) is 1.80. The molecule has 10 heteroatoms. The molecule has 0 aromatic carbocycles. The van der Waals surface area contributed by atoms with Gasteiger partial charge < -0.3 is 10.2 Å². The molecule has 0 unspecified atom stereocenters. The smallest absolute Gasteiger partial charge is 0.194 e. The second-order valence-corrected chi connectivity index (χ2v) is 9.19. The topological polar surface area (TPSA) is 92.5 Å². The van der Waals surface area contributed by atoms with E-state index in [0.717, 1.165) is 5.82 Å². The van der Waals surface area contributed by atoms with Crippen LogP contribution in [0, 0.1) is 0 Å². The molecule has 1 N–H and O–H groups in total. The summed E-state index contributed by atoms with van der Waals surface area (Å²) in [4.78, 5) is 10.5. The number of aryl methyl sites for hydroxylation is 1. The van der Waals surface area contributed by atoms with E-state index in [0.29, 0.717) is 19.0 Å². The Kier molecular flexibility index (Phi) is 9.18. The van der Waals surface area contributed by atoms with E-state index in [4.69, 9.17) is 0 Å². The van der Waals surface area contributed by atoms with Crippen molar-refractivity contribution in [1.29, 1.82) is 0 Å². The lowest BCUT2D eigenvalue weighted by molar-refractivity contribution is 0.449. The third kappa shape index (κ3) is 6.54. The van der Waals surface area contributed by atoms with Crippen LogP contribution >= 0.6 is 24.0 Å². The summed E-state index contributed by atoms with van der Waals surface area (Å²) in [5.41, 5.74) is 0. The lowest BCUT2D eigenvalue weighted by atomic mass is 10.3. The van der Waals surface area contributed by atoms with Crippen LogP contribution in [0.3, 0.4) is 0 Å². The second kappa shape index (κ2) is 9.54. The molecule has 0 aliphatic heterocycles. The molecule has 24 heavy (non-hydrogen) atoms. The number of guanidine groups is 1. The fraction of sp³-hybridized carbons (Fsp3) is 0.786. The van der Waals surface area contributed by atoms with Crippen LogP contribution in [0.25, 0.3) is 0 Å². The van der Waals surface area contributed by atoms with Gasteiger partial charge in [0.1, 0.15) is 12.2 Å². The van der Waals surface area contributed by atoms with E-state index in [-0.39, 0.29) is 36.3 Å². The molecule has 0 aliphatic rings. The molecule has 0 saturated carbocycles. The number of sulfone groups is 1. The Hall–Kier alpha value is -0.910. The Balaban J connectivity index is 0.00000529. The summed E-state index contributed by atoms with van der Waals surface area (Å²) in [6.07, 6.45) is 1.50. The lowest BCUT2D eigenvalue weighted by Crippen LogP contribution is -2.39. The average Bonchev–Trinajstić information content (AvgIpc) is 2.82. The average molecular weight is 472 g/mol. The van der Waals surface area contributed by atoms with E-state index in [1.165, 1.54) is 6.33 Å². The van der Waals surface area contributed by atoms with Gasteiger partial charge in [0, 0.05) is 20.6 Å².